The minimum atomic E-state index is 0.522. The molecule has 98 valence electrons. The first-order valence-electron chi connectivity index (χ1n) is 6.85. The highest BCUT2D eigenvalue weighted by Gasteiger charge is 2.44. The van der Waals surface area contributed by atoms with E-state index in [0.29, 0.717) is 12.0 Å². The summed E-state index contributed by atoms with van der Waals surface area (Å²) in [5.41, 5.74) is 10.4. The van der Waals surface area contributed by atoms with Gasteiger partial charge in [-0.25, -0.2) is 0 Å². The van der Waals surface area contributed by atoms with Gasteiger partial charge in [-0.1, -0.05) is 12.1 Å². The number of benzene rings is 1. The van der Waals surface area contributed by atoms with Crippen molar-refractivity contribution in [2.75, 3.05) is 31.2 Å². The molecular formula is C15H22N2O. The summed E-state index contributed by atoms with van der Waals surface area (Å²) in [6.07, 6.45) is 2.43. The smallest absolute Gasteiger partial charge is 0.0472 e. The Balaban J connectivity index is 1.76. The molecule has 1 aromatic rings. The Hall–Kier alpha value is -1.06. The van der Waals surface area contributed by atoms with Crippen molar-refractivity contribution in [2.45, 2.75) is 26.3 Å². The Labute approximate surface area is 109 Å². The monoisotopic (exact) mass is 246 g/mol. The molecule has 0 aliphatic carbocycles. The highest BCUT2D eigenvalue weighted by molar-refractivity contribution is 5.59. The lowest BCUT2D eigenvalue weighted by Gasteiger charge is -2.53. The maximum Gasteiger partial charge on any atom is 0.0472 e. The van der Waals surface area contributed by atoms with Gasteiger partial charge in [0.25, 0.3) is 0 Å². The number of hydrogen-bond acceptors (Lipinski definition) is 3. The van der Waals surface area contributed by atoms with Crippen molar-refractivity contribution in [3.8, 4) is 0 Å². The van der Waals surface area contributed by atoms with Crippen molar-refractivity contribution < 1.29 is 4.74 Å². The molecule has 0 aromatic heterocycles. The molecule has 18 heavy (non-hydrogen) atoms. The molecule has 1 aromatic carbocycles. The lowest BCUT2D eigenvalue weighted by molar-refractivity contribution is -0.000243. The molecule has 0 atom stereocenters. The maximum absolute atomic E-state index is 5.89. The van der Waals surface area contributed by atoms with Crippen molar-refractivity contribution in [1.29, 1.82) is 0 Å². The van der Waals surface area contributed by atoms with Crippen LogP contribution in [0.25, 0.3) is 0 Å². The quantitative estimate of drug-likeness (QED) is 0.868. The van der Waals surface area contributed by atoms with E-state index in [1.165, 1.54) is 42.7 Å². The Bertz CT molecular complexity index is 430. The van der Waals surface area contributed by atoms with Crippen molar-refractivity contribution in [1.82, 2.24) is 0 Å². The topological polar surface area (TPSA) is 38.5 Å². The summed E-state index contributed by atoms with van der Waals surface area (Å²) in [7, 11) is 0. The molecule has 0 bridgehead atoms. The predicted molar refractivity (Wildman–Crippen MR) is 73.8 cm³/mol. The van der Waals surface area contributed by atoms with Crippen LogP contribution >= 0.6 is 0 Å². The van der Waals surface area contributed by atoms with Gasteiger partial charge in [-0.05, 0) is 37.0 Å². The molecule has 0 saturated carbocycles. The van der Waals surface area contributed by atoms with E-state index >= 15 is 0 Å². The number of hydrogen-bond donors (Lipinski definition) is 1. The summed E-state index contributed by atoms with van der Waals surface area (Å²) < 4.78 is 5.47. The highest BCUT2D eigenvalue weighted by atomic mass is 16.5. The summed E-state index contributed by atoms with van der Waals surface area (Å²) >= 11 is 0. The second kappa shape index (κ2) is 4.56. The average Bonchev–Trinajstić information content (AvgIpc) is 2.36. The first kappa shape index (κ1) is 12.0. The van der Waals surface area contributed by atoms with Crippen LogP contribution in [-0.4, -0.2) is 26.3 Å². The molecule has 3 nitrogen and oxygen atoms in total. The van der Waals surface area contributed by atoms with Gasteiger partial charge in [-0.15, -0.1) is 0 Å². The normalized spacial score (nSPS) is 22.0. The predicted octanol–water partition coefficient (Wildman–Crippen LogP) is 2.07. The first-order chi connectivity index (χ1) is 8.74. The fourth-order valence-corrected chi connectivity index (χ4v) is 3.30. The maximum atomic E-state index is 5.89. The van der Waals surface area contributed by atoms with Crippen LogP contribution < -0.4 is 10.6 Å². The second-order valence-electron chi connectivity index (χ2n) is 5.75. The molecule has 3 heteroatoms. The van der Waals surface area contributed by atoms with Crippen LogP contribution in [0.15, 0.2) is 18.2 Å². The fourth-order valence-electron chi connectivity index (χ4n) is 3.30. The van der Waals surface area contributed by atoms with Gasteiger partial charge in [0, 0.05) is 44.0 Å². The largest absolute Gasteiger partial charge is 0.381 e. The van der Waals surface area contributed by atoms with E-state index in [1.54, 1.807) is 0 Å². The number of nitrogens with zero attached hydrogens (tertiary/aromatic N) is 1. The third-order valence-corrected chi connectivity index (χ3v) is 4.54. The van der Waals surface area contributed by atoms with Crippen molar-refractivity contribution >= 4 is 5.69 Å². The molecule has 0 radical (unpaired) electrons. The number of anilines is 1. The molecule has 0 amide bonds. The van der Waals surface area contributed by atoms with Crippen molar-refractivity contribution in [2.24, 2.45) is 11.1 Å². The van der Waals surface area contributed by atoms with E-state index < -0.39 is 0 Å². The average molecular weight is 246 g/mol. The standard InChI is InChI=1S/C15H22N2O/c1-12-3-2-4-14(13(12)9-16)17-10-15(11-17)5-7-18-8-6-15/h2-4H,5-11,16H2,1H3. The second-order valence-corrected chi connectivity index (χ2v) is 5.75. The van der Waals surface area contributed by atoms with E-state index in [2.05, 4.69) is 30.0 Å². The highest BCUT2D eigenvalue weighted by Crippen LogP contribution is 2.43. The Morgan fingerprint density at radius 2 is 2.00 bits per heavy atom. The molecule has 2 saturated heterocycles. The first-order valence-corrected chi connectivity index (χ1v) is 6.85. The van der Waals surface area contributed by atoms with E-state index in [4.69, 9.17) is 10.5 Å². The summed E-state index contributed by atoms with van der Waals surface area (Å²) in [4.78, 5) is 2.49. The Morgan fingerprint density at radius 3 is 2.67 bits per heavy atom. The van der Waals surface area contributed by atoms with Gasteiger partial charge in [-0.3, -0.25) is 0 Å². The number of aryl methyl sites for hydroxylation is 1. The summed E-state index contributed by atoms with van der Waals surface area (Å²) in [6.45, 7) is 7.00. The number of ether oxygens (including phenoxy) is 1. The van der Waals surface area contributed by atoms with Crippen LogP contribution in [0.3, 0.4) is 0 Å². The van der Waals surface area contributed by atoms with Gasteiger partial charge in [0.2, 0.25) is 0 Å². The van der Waals surface area contributed by atoms with Crippen molar-refractivity contribution in [3.63, 3.8) is 0 Å². The number of nitrogens with two attached hydrogens (primary N) is 1. The molecule has 2 aliphatic heterocycles. The van der Waals surface area contributed by atoms with Crippen LogP contribution in [0.4, 0.5) is 5.69 Å². The summed E-state index contributed by atoms with van der Waals surface area (Å²) in [5, 5.41) is 0. The zero-order chi connectivity index (χ0) is 12.6. The Morgan fingerprint density at radius 1 is 1.28 bits per heavy atom. The van der Waals surface area contributed by atoms with Gasteiger partial charge in [0.15, 0.2) is 0 Å². The molecule has 0 unspecified atom stereocenters. The summed E-state index contributed by atoms with van der Waals surface area (Å²) in [5.74, 6) is 0. The van der Waals surface area contributed by atoms with E-state index in [-0.39, 0.29) is 0 Å². The van der Waals surface area contributed by atoms with Gasteiger partial charge in [0.05, 0.1) is 0 Å². The van der Waals surface area contributed by atoms with E-state index in [1.807, 2.05) is 0 Å². The zero-order valence-electron chi connectivity index (χ0n) is 11.1. The van der Waals surface area contributed by atoms with Crippen LogP contribution in [0, 0.1) is 12.3 Å². The fraction of sp³-hybridized carbons (Fsp3) is 0.600. The van der Waals surface area contributed by atoms with Gasteiger partial charge in [0.1, 0.15) is 0 Å². The van der Waals surface area contributed by atoms with Crippen LogP contribution in [0.5, 0.6) is 0 Å². The third-order valence-electron chi connectivity index (χ3n) is 4.54. The molecular weight excluding hydrogens is 224 g/mol. The van der Waals surface area contributed by atoms with Gasteiger partial charge in [-0.2, -0.15) is 0 Å². The van der Waals surface area contributed by atoms with Crippen LogP contribution in [0.2, 0.25) is 0 Å². The molecule has 2 heterocycles. The SMILES string of the molecule is Cc1cccc(N2CC3(CCOCC3)C2)c1CN. The molecule has 2 aliphatic rings. The third kappa shape index (κ3) is 1.91. The van der Waals surface area contributed by atoms with Crippen LogP contribution in [-0.2, 0) is 11.3 Å². The molecule has 1 spiro atoms. The minimum Gasteiger partial charge on any atom is -0.381 e. The zero-order valence-corrected chi connectivity index (χ0v) is 11.1. The van der Waals surface area contributed by atoms with Crippen LogP contribution in [0.1, 0.15) is 24.0 Å². The van der Waals surface area contributed by atoms with E-state index in [9.17, 15) is 0 Å². The minimum absolute atomic E-state index is 0.522. The van der Waals surface area contributed by atoms with E-state index in [0.717, 1.165) is 13.2 Å². The van der Waals surface area contributed by atoms with Gasteiger partial charge < -0.3 is 15.4 Å². The molecule has 3 rings (SSSR count). The summed E-state index contributed by atoms with van der Waals surface area (Å²) in [6, 6.07) is 6.50. The van der Waals surface area contributed by atoms with Crippen molar-refractivity contribution in [3.05, 3.63) is 29.3 Å². The number of rotatable bonds is 2. The van der Waals surface area contributed by atoms with Gasteiger partial charge >= 0.3 is 0 Å². The lowest BCUT2D eigenvalue weighted by atomic mass is 9.73. The Kier molecular flexibility index (Phi) is 3.04. The molecule has 2 fully saturated rings. The molecule has 2 N–H and O–H groups in total. The lowest BCUT2D eigenvalue weighted by Crippen LogP contribution is -2.58.